The first-order valence-electron chi connectivity index (χ1n) is 6.76. The van der Waals surface area contributed by atoms with Gasteiger partial charge in [-0.1, -0.05) is 20.3 Å². The predicted molar refractivity (Wildman–Crippen MR) is 74.7 cm³/mol. The number of nitrogens with two attached hydrogens (primary N) is 2. The van der Waals surface area contributed by atoms with E-state index in [2.05, 4.69) is 5.32 Å². The lowest BCUT2D eigenvalue weighted by Gasteiger charge is -2.16. The number of rotatable bonds is 9. The number of ether oxygens (including phenoxy) is 1. The number of esters is 1. The lowest BCUT2D eigenvalue weighted by molar-refractivity contribution is -0.147. The van der Waals surface area contributed by atoms with Gasteiger partial charge in [0.15, 0.2) is 5.78 Å². The summed E-state index contributed by atoms with van der Waals surface area (Å²) in [5.74, 6) is -1.10. The van der Waals surface area contributed by atoms with Gasteiger partial charge in [0.05, 0.1) is 19.2 Å². The Morgan fingerprint density at radius 2 is 1.80 bits per heavy atom. The van der Waals surface area contributed by atoms with Crippen molar-refractivity contribution in [1.82, 2.24) is 5.32 Å². The van der Waals surface area contributed by atoms with Gasteiger partial charge in [-0.2, -0.15) is 0 Å². The number of ketones is 1. The van der Waals surface area contributed by atoms with Crippen molar-refractivity contribution in [2.45, 2.75) is 45.7 Å². The Labute approximate surface area is 119 Å². The molecular formula is C13H25N3O4. The molecule has 0 saturated carbocycles. The molecule has 0 aliphatic rings. The van der Waals surface area contributed by atoms with Crippen molar-refractivity contribution in [2.24, 2.45) is 17.4 Å². The van der Waals surface area contributed by atoms with Crippen LogP contribution in [0.15, 0.2) is 0 Å². The number of carbonyl (C=O) groups is 3. The first-order chi connectivity index (χ1) is 9.29. The van der Waals surface area contributed by atoms with E-state index in [9.17, 15) is 14.4 Å². The number of carbonyl (C=O) groups excluding carboxylic acids is 3. The third kappa shape index (κ3) is 7.20. The van der Waals surface area contributed by atoms with E-state index in [1.165, 1.54) is 6.92 Å². The molecular weight excluding hydrogens is 262 g/mol. The van der Waals surface area contributed by atoms with Gasteiger partial charge in [0, 0.05) is 6.42 Å². The number of nitrogens with one attached hydrogen (secondary N) is 1. The maximum atomic E-state index is 11.5. The Kier molecular flexibility index (Phi) is 8.74. The lowest BCUT2D eigenvalue weighted by atomic mass is 10.0. The number of hydrogen-bond acceptors (Lipinski definition) is 6. The molecule has 0 aromatic rings. The zero-order valence-corrected chi connectivity index (χ0v) is 12.3. The minimum atomic E-state index is -0.673. The molecule has 1 amide bonds. The van der Waals surface area contributed by atoms with Gasteiger partial charge < -0.3 is 21.5 Å². The van der Waals surface area contributed by atoms with Crippen LogP contribution in [0.2, 0.25) is 0 Å². The van der Waals surface area contributed by atoms with E-state index in [1.54, 1.807) is 0 Å². The Morgan fingerprint density at radius 1 is 1.20 bits per heavy atom. The van der Waals surface area contributed by atoms with Crippen molar-refractivity contribution in [3.63, 3.8) is 0 Å². The SMILES string of the molecule is CCC(C)C(N)C(=O)OCCC(=O)CNC(=O)C(C)N. The van der Waals surface area contributed by atoms with Crippen LogP contribution < -0.4 is 16.8 Å². The molecule has 20 heavy (non-hydrogen) atoms. The largest absolute Gasteiger partial charge is 0.464 e. The highest BCUT2D eigenvalue weighted by Crippen LogP contribution is 2.06. The van der Waals surface area contributed by atoms with Crippen molar-refractivity contribution >= 4 is 17.7 Å². The quantitative estimate of drug-likeness (QED) is 0.483. The molecule has 5 N–H and O–H groups in total. The van der Waals surface area contributed by atoms with Crippen LogP contribution in [0.5, 0.6) is 0 Å². The fourth-order valence-corrected chi connectivity index (χ4v) is 1.28. The zero-order chi connectivity index (χ0) is 15.7. The average molecular weight is 287 g/mol. The van der Waals surface area contributed by atoms with E-state index in [1.807, 2.05) is 13.8 Å². The fourth-order valence-electron chi connectivity index (χ4n) is 1.28. The summed E-state index contributed by atoms with van der Waals surface area (Å²) < 4.78 is 4.93. The van der Waals surface area contributed by atoms with Crippen molar-refractivity contribution in [3.05, 3.63) is 0 Å². The Hall–Kier alpha value is -1.47. The van der Waals surface area contributed by atoms with Crippen LogP contribution in [-0.2, 0) is 19.1 Å². The summed E-state index contributed by atoms with van der Waals surface area (Å²) in [6.45, 7) is 5.17. The topological polar surface area (TPSA) is 125 Å². The second-order valence-corrected chi connectivity index (χ2v) is 4.87. The Bertz CT molecular complexity index is 345. The summed E-state index contributed by atoms with van der Waals surface area (Å²) in [4.78, 5) is 34.1. The molecule has 0 aliphatic heterocycles. The van der Waals surface area contributed by atoms with Gasteiger partial charge >= 0.3 is 5.97 Å². The zero-order valence-electron chi connectivity index (χ0n) is 12.3. The molecule has 3 atom stereocenters. The second-order valence-electron chi connectivity index (χ2n) is 4.87. The van der Waals surface area contributed by atoms with Crippen LogP contribution in [0.3, 0.4) is 0 Å². The van der Waals surface area contributed by atoms with Crippen molar-refractivity contribution in [2.75, 3.05) is 13.2 Å². The van der Waals surface area contributed by atoms with Gasteiger partial charge in [-0.25, -0.2) is 0 Å². The van der Waals surface area contributed by atoms with Crippen LogP contribution in [0.25, 0.3) is 0 Å². The summed E-state index contributed by atoms with van der Waals surface area (Å²) in [6, 6.07) is -1.33. The molecule has 0 fully saturated rings. The third-order valence-electron chi connectivity index (χ3n) is 3.03. The van der Waals surface area contributed by atoms with Crippen molar-refractivity contribution in [3.8, 4) is 0 Å². The van der Waals surface area contributed by atoms with E-state index < -0.39 is 24.0 Å². The van der Waals surface area contributed by atoms with E-state index >= 15 is 0 Å². The highest BCUT2D eigenvalue weighted by Gasteiger charge is 2.21. The molecule has 0 heterocycles. The molecule has 0 saturated heterocycles. The van der Waals surface area contributed by atoms with Gasteiger partial charge in [-0.05, 0) is 12.8 Å². The normalized spacial score (nSPS) is 15.1. The Morgan fingerprint density at radius 3 is 2.30 bits per heavy atom. The lowest BCUT2D eigenvalue weighted by Crippen LogP contribution is -2.41. The van der Waals surface area contributed by atoms with Gasteiger partial charge in [-0.15, -0.1) is 0 Å². The van der Waals surface area contributed by atoms with Crippen LogP contribution in [0.4, 0.5) is 0 Å². The molecule has 0 bridgehead atoms. The minimum absolute atomic E-state index is 0.0310. The van der Waals surface area contributed by atoms with Crippen LogP contribution >= 0.6 is 0 Å². The standard InChI is InChI=1S/C13H25N3O4/c1-4-8(2)11(15)13(19)20-6-5-10(17)7-16-12(18)9(3)14/h8-9,11H,4-7,14-15H2,1-3H3,(H,16,18). The minimum Gasteiger partial charge on any atom is -0.464 e. The highest BCUT2D eigenvalue weighted by atomic mass is 16.5. The van der Waals surface area contributed by atoms with Crippen molar-refractivity contribution in [1.29, 1.82) is 0 Å². The molecule has 7 nitrogen and oxygen atoms in total. The summed E-state index contributed by atoms with van der Waals surface area (Å²) in [5, 5.41) is 2.39. The molecule has 0 spiro atoms. The summed E-state index contributed by atoms with van der Waals surface area (Å²) in [6.07, 6.45) is 0.816. The molecule has 0 radical (unpaired) electrons. The van der Waals surface area contributed by atoms with E-state index in [0.29, 0.717) is 0 Å². The van der Waals surface area contributed by atoms with E-state index in [4.69, 9.17) is 16.2 Å². The summed E-state index contributed by atoms with van der Waals surface area (Å²) in [5.41, 5.74) is 11.0. The number of hydrogen-bond donors (Lipinski definition) is 3. The van der Waals surface area contributed by atoms with Crippen LogP contribution in [0, 0.1) is 5.92 Å². The fraction of sp³-hybridized carbons (Fsp3) is 0.769. The molecule has 3 unspecified atom stereocenters. The smallest absolute Gasteiger partial charge is 0.323 e. The third-order valence-corrected chi connectivity index (χ3v) is 3.03. The maximum Gasteiger partial charge on any atom is 0.323 e. The molecule has 0 rings (SSSR count). The first-order valence-corrected chi connectivity index (χ1v) is 6.76. The van der Waals surface area contributed by atoms with Gasteiger partial charge in [0.1, 0.15) is 6.04 Å². The second kappa shape index (κ2) is 9.44. The molecule has 116 valence electrons. The number of amides is 1. The van der Waals surface area contributed by atoms with Gasteiger partial charge in [0.2, 0.25) is 5.91 Å². The van der Waals surface area contributed by atoms with Crippen LogP contribution in [-0.4, -0.2) is 42.9 Å². The number of Topliss-reactive ketones (excluding diaryl/α,β-unsaturated/α-hetero) is 1. The van der Waals surface area contributed by atoms with Crippen molar-refractivity contribution < 1.29 is 19.1 Å². The molecule has 7 heteroatoms. The molecule has 0 aromatic heterocycles. The summed E-state index contributed by atoms with van der Waals surface area (Å²) in [7, 11) is 0. The summed E-state index contributed by atoms with van der Waals surface area (Å²) >= 11 is 0. The van der Waals surface area contributed by atoms with Gasteiger partial charge in [0.25, 0.3) is 0 Å². The maximum absolute atomic E-state index is 11.5. The first kappa shape index (κ1) is 18.5. The highest BCUT2D eigenvalue weighted by molar-refractivity contribution is 5.88. The predicted octanol–water partition coefficient (Wildman–Crippen LogP) is -0.674. The average Bonchev–Trinajstić information content (AvgIpc) is 2.42. The monoisotopic (exact) mass is 287 g/mol. The van der Waals surface area contributed by atoms with E-state index in [0.717, 1.165) is 6.42 Å². The molecule has 0 aliphatic carbocycles. The van der Waals surface area contributed by atoms with Crippen LogP contribution in [0.1, 0.15) is 33.6 Å². The Balaban J connectivity index is 3.87. The van der Waals surface area contributed by atoms with E-state index in [-0.39, 0.29) is 31.3 Å². The van der Waals surface area contributed by atoms with Gasteiger partial charge in [-0.3, -0.25) is 14.4 Å². The molecule has 0 aromatic carbocycles.